The van der Waals surface area contributed by atoms with Crippen LogP contribution in [0.2, 0.25) is 15.1 Å². The summed E-state index contributed by atoms with van der Waals surface area (Å²) in [5.41, 5.74) is 3.85. The third-order valence-corrected chi connectivity index (χ3v) is 6.90. The molecule has 1 heterocycles. The molecule has 0 bridgehead atoms. The first-order chi connectivity index (χ1) is 16.5. The molecule has 4 nitrogen and oxygen atoms in total. The molecule has 1 aliphatic rings. The Morgan fingerprint density at radius 2 is 1.56 bits per heavy atom. The van der Waals surface area contributed by atoms with Crippen molar-refractivity contribution in [2.24, 2.45) is 0 Å². The molecule has 1 aliphatic heterocycles. The summed E-state index contributed by atoms with van der Waals surface area (Å²) in [6.45, 7) is 5.44. The summed E-state index contributed by atoms with van der Waals surface area (Å²) >= 11 is 19.5. The smallest absolute Gasteiger partial charge is 0.163 e. The first-order valence-electron chi connectivity index (χ1n) is 11.6. The second-order valence-corrected chi connectivity index (χ2v) is 9.49. The van der Waals surface area contributed by atoms with Gasteiger partial charge in [0.25, 0.3) is 0 Å². The van der Waals surface area contributed by atoms with Crippen LogP contribution in [-0.2, 0) is 13.2 Å². The van der Waals surface area contributed by atoms with Crippen molar-refractivity contribution in [2.45, 2.75) is 39.3 Å². The summed E-state index contributed by atoms with van der Waals surface area (Å²) in [7, 11) is 0. The van der Waals surface area contributed by atoms with Crippen molar-refractivity contribution in [1.29, 1.82) is 0 Å². The van der Waals surface area contributed by atoms with Crippen molar-refractivity contribution in [3.8, 4) is 11.5 Å². The fourth-order valence-electron chi connectivity index (χ4n) is 4.07. The minimum atomic E-state index is 0.329. The quantitative estimate of drug-likeness (QED) is 0.309. The molecule has 0 saturated carbocycles. The fourth-order valence-corrected chi connectivity index (χ4v) is 4.78. The molecule has 0 aromatic heterocycles. The Morgan fingerprint density at radius 1 is 0.794 bits per heavy atom. The van der Waals surface area contributed by atoms with Crippen molar-refractivity contribution < 1.29 is 9.47 Å². The van der Waals surface area contributed by atoms with Crippen LogP contribution in [0.25, 0.3) is 0 Å². The number of ether oxygens (including phenoxy) is 2. The van der Waals surface area contributed by atoms with Gasteiger partial charge in [-0.3, -0.25) is 0 Å². The summed E-state index contributed by atoms with van der Waals surface area (Å²) in [6, 6.07) is 17.5. The van der Waals surface area contributed by atoms with Gasteiger partial charge in [-0.1, -0.05) is 53.0 Å². The molecule has 0 unspecified atom stereocenters. The largest absolute Gasteiger partial charge is 0.490 e. The number of piperidine rings is 1. The SMILES string of the molecule is CCOc1cc(CNc2ccc(N3CCCCC3)c(Cl)c2)c(Cl)cc1OCc1ccccc1Cl. The zero-order valence-electron chi connectivity index (χ0n) is 19.3. The van der Waals surface area contributed by atoms with Gasteiger partial charge in [0, 0.05) is 47.0 Å². The van der Waals surface area contributed by atoms with Crippen LogP contribution in [0, 0.1) is 0 Å². The molecular weight excluding hydrogens is 491 g/mol. The normalized spacial score (nSPS) is 13.6. The second-order valence-electron chi connectivity index (χ2n) is 8.27. The lowest BCUT2D eigenvalue weighted by atomic mass is 10.1. The molecular formula is C27H29Cl3N2O2. The molecule has 1 saturated heterocycles. The van der Waals surface area contributed by atoms with Gasteiger partial charge < -0.3 is 19.7 Å². The van der Waals surface area contributed by atoms with Gasteiger partial charge in [-0.2, -0.15) is 0 Å². The van der Waals surface area contributed by atoms with E-state index in [1.807, 2.05) is 43.3 Å². The molecule has 0 amide bonds. The highest BCUT2D eigenvalue weighted by Crippen LogP contribution is 2.36. The third kappa shape index (κ3) is 6.24. The van der Waals surface area contributed by atoms with Gasteiger partial charge >= 0.3 is 0 Å². The summed E-state index contributed by atoms with van der Waals surface area (Å²) in [5, 5.41) is 5.45. The minimum absolute atomic E-state index is 0.329. The second kappa shape index (κ2) is 11.9. The lowest BCUT2D eigenvalue weighted by Crippen LogP contribution is -2.29. The Morgan fingerprint density at radius 3 is 2.29 bits per heavy atom. The number of anilines is 2. The average molecular weight is 520 g/mol. The average Bonchev–Trinajstić information content (AvgIpc) is 2.84. The van der Waals surface area contributed by atoms with Crippen LogP contribution in [0.15, 0.2) is 54.6 Å². The van der Waals surface area contributed by atoms with Crippen molar-refractivity contribution in [3.05, 3.63) is 80.8 Å². The standard InChI is InChI=1S/C27H29Cl3N2O2/c1-2-33-26-14-20(23(29)16-27(26)34-18-19-8-4-5-9-22(19)28)17-31-21-10-11-25(24(30)15-21)32-12-6-3-7-13-32/h4-5,8-11,14-16,31H,2-3,6-7,12-13,17-18H2,1H3. The van der Waals surface area contributed by atoms with Gasteiger partial charge in [-0.05, 0) is 62.1 Å². The van der Waals surface area contributed by atoms with Gasteiger partial charge in [-0.25, -0.2) is 0 Å². The first-order valence-corrected chi connectivity index (χ1v) is 12.8. The van der Waals surface area contributed by atoms with E-state index < -0.39 is 0 Å². The molecule has 0 spiro atoms. The maximum atomic E-state index is 6.61. The van der Waals surface area contributed by atoms with Crippen molar-refractivity contribution >= 4 is 46.2 Å². The van der Waals surface area contributed by atoms with Gasteiger partial charge in [0.05, 0.1) is 17.3 Å². The van der Waals surface area contributed by atoms with Crippen LogP contribution in [0.3, 0.4) is 0 Å². The van der Waals surface area contributed by atoms with Crippen LogP contribution >= 0.6 is 34.8 Å². The summed E-state index contributed by atoms with van der Waals surface area (Å²) in [6.07, 6.45) is 3.73. The number of rotatable bonds is 9. The highest BCUT2D eigenvalue weighted by atomic mass is 35.5. The topological polar surface area (TPSA) is 33.7 Å². The molecule has 0 atom stereocenters. The van der Waals surface area contributed by atoms with Crippen LogP contribution in [0.4, 0.5) is 11.4 Å². The van der Waals surface area contributed by atoms with E-state index in [0.29, 0.717) is 41.3 Å². The highest BCUT2D eigenvalue weighted by Gasteiger charge is 2.15. The Bertz CT molecular complexity index is 1120. The van der Waals surface area contributed by atoms with E-state index in [-0.39, 0.29) is 0 Å². The van der Waals surface area contributed by atoms with E-state index in [4.69, 9.17) is 44.3 Å². The van der Waals surface area contributed by atoms with Crippen molar-refractivity contribution in [1.82, 2.24) is 0 Å². The molecule has 34 heavy (non-hydrogen) atoms. The molecule has 3 aromatic carbocycles. The number of hydrogen-bond donors (Lipinski definition) is 1. The molecule has 3 aromatic rings. The highest BCUT2D eigenvalue weighted by molar-refractivity contribution is 6.33. The zero-order chi connectivity index (χ0) is 23.9. The summed E-state index contributed by atoms with van der Waals surface area (Å²) in [4.78, 5) is 2.36. The maximum absolute atomic E-state index is 6.61. The number of nitrogens with one attached hydrogen (secondary N) is 1. The fraction of sp³-hybridized carbons (Fsp3) is 0.333. The Kier molecular flexibility index (Phi) is 8.71. The van der Waals surface area contributed by atoms with Crippen molar-refractivity contribution in [3.63, 3.8) is 0 Å². The molecule has 1 N–H and O–H groups in total. The van der Waals surface area contributed by atoms with Crippen LogP contribution in [0.1, 0.15) is 37.3 Å². The van der Waals surface area contributed by atoms with Crippen LogP contribution in [0.5, 0.6) is 11.5 Å². The number of hydrogen-bond acceptors (Lipinski definition) is 4. The van der Waals surface area contributed by atoms with Gasteiger partial charge in [0.15, 0.2) is 11.5 Å². The number of benzene rings is 3. The molecule has 0 aliphatic carbocycles. The summed E-state index contributed by atoms with van der Waals surface area (Å²) < 4.78 is 11.8. The van der Waals surface area contributed by atoms with Crippen molar-refractivity contribution in [2.75, 3.05) is 29.9 Å². The van der Waals surface area contributed by atoms with Crippen LogP contribution in [-0.4, -0.2) is 19.7 Å². The number of nitrogens with zero attached hydrogens (tertiary/aromatic N) is 1. The monoisotopic (exact) mass is 518 g/mol. The van der Waals surface area contributed by atoms with E-state index in [0.717, 1.165) is 40.6 Å². The molecule has 0 radical (unpaired) electrons. The van der Waals surface area contributed by atoms with E-state index in [2.05, 4.69) is 22.3 Å². The predicted molar refractivity (Wildman–Crippen MR) is 143 cm³/mol. The molecule has 4 rings (SSSR count). The van der Waals surface area contributed by atoms with E-state index in [1.54, 1.807) is 6.07 Å². The number of halogens is 3. The van der Waals surface area contributed by atoms with Gasteiger partial charge in [0.1, 0.15) is 6.61 Å². The lowest BCUT2D eigenvalue weighted by Gasteiger charge is -2.29. The summed E-state index contributed by atoms with van der Waals surface area (Å²) in [5.74, 6) is 1.23. The predicted octanol–water partition coefficient (Wildman–Crippen LogP) is 8.23. The molecule has 180 valence electrons. The Hall–Kier alpha value is -2.27. The maximum Gasteiger partial charge on any atom is 0.163 e. The lowest BCUT2D eigenvalue weighted by molar-refractivity contribution is 0.269. The Labute approximate surface area is 216 Å². The van der Waals surface area contributed by atoms with E-state index in [9.17, 15) is 0 Å². The first kappa shape index (κ1) is 24.8. The van der Waals surface area contributed by atoms with E-state index >= 15 is 0 Å². The van der Waals surface area contributed by atoms with Gasteiger partial charge in [0.2, 0.25) is 0 Å². The van der Waals surface area contributed by atoms with Gasteiger partial charge in [-0.15, -0.1) is 0 Å². The zero-order valence-corrected chi connectivity index (χ0v) is 21.5. The van der Waals surface area contributed by atoms with Crippen LogP contribution < -0.4 is 19.7 Å². The molecule has 7 heteroatoms. The van der Waals surface area contributed by atoms with E-state index in [1.165, 1.54) is 19.3 Å². The Balaban J connectivity index is 1.45. The molecule has 1 fully saturated rings. The minimum Gasteiger partial charge on any atom is -0.490 e. The third-order valence-electron chi connectivity index (χ3n) is 5.88.